The van der Waals surface area contributed by atoms with Crippen molar-refractivity contribution in [1.29, 1.82) is 0 Å². The number of rotatable bonds is 5. The molecule has 1 saturated carbocycles. The van der Waals surface area contributed by atoms with Gasteiger partial charge >= 0.3 is 6.03 Å². The van der Waals surface area contributed by atoms with E-state index < -0.39 is 0 Å². The Labute approximate surface area is 224 Å². The monoisotopic (exact) mass is 517 g/mol. The minimum Gasteiger partial charge on any atom is -0.362 e. The van der Waals surface area contributed by atoms with E-state index in [-0.39, 0.29) is 24.3 Å². The molecule has 0 radical (unpaired) electrons. The summed E-state index contributed by atoms with van der Waals surface area (Å²) in [5.41, 5.74) is 6.49. The Kier molecular flexibility index (Phi) is 6.73. The highest BCUT2D eigenvalue weighted by molar-refractivity contribution is 7.78. The molecule has 3 aliphatic rings. The zero-order valence-electron chi connectivity index (χ0n) is 21.6. The Hall–Kier alpha value is -2.81. The average Bonchev–Trinajstić information content (AvgIpc) is 3.73. The van der Waals surface area contributed by atoms with Crippen molar-refractivity contribution < 1.29 is 9.53 Å². The standard InChI is InChI=1S/C29H35N5O2S/c1-19-26(21-7-9-22(10-8-21)30-29(35)34(37)23-11-12-23)31-28-27(36-24-14-16-32(2)17-15-24)25-6-4-3-5-20(25)13-18-33(19)28/h3-10,23-24,27,37H,11-18H2,1-2H3,(H,30,35). The van der Waals surface area contributed by atoms with Gasteiger partial charge in [-0.1, -0.05) is 49.2 Å². The first-order valence-electron chi connectivity index (χ1n) is 13.4. The Balaban J connectivity index is 1.29. The summed E-state index contributed by atoms with van der Waals surface area (Å²) >= 11 is 4.33. The van der Waals surface area contributed by atoms with E-state index in [0.29, 0.717) is 0 Å². The molecule has 6 rings (SSSR count). The van der Waals surface area contributed by atoms with E-state index in [4.69, 9.17) is 9.72 Å². The quantitative estimate of drug-likeness (QED) is 0.442. The maximum Gasteiger partial charge on any atom is 0.331 e. The van der Waals surface area contributed by atoms with Gasteiger partial charge in [-0.15, -0.1) is 0 Å². The zero-order valence-corrected chi connectivity index (χ0v) is 22.5. The van der Waals surface area contributed by atoms with E-state index in [9.17, 15) is 4.79 Å². The summed E-state index contributed by atoms with van der Waals surface area (Å²) in [7, 11) is 2.18. The number of fused-ring (bicyclic) bond motifs is 2. The fourth-order valence-electron chi connectivity index (χ4n) is 5.53. The summed E-state index contributed by atoms with van der Waals surface area (Å²) in [4.78, 5) is 20.0. The number of hydrogen-bond acceptors (Lipinski definition) is 5. The molecule has 0 bridgehead atoms. The predicted molar refractivity (Wildman–Crippen MR) is 149 cm³/mol. The van der Waals surface area contributed by atoms with E-state index in [2.05, 4.69) is 65.8 Å². The van der Waals surface area contributed by atoms with Crippen molar-refractivity contribution in [3.63, 3.8) is 0 Å². The summed E-state index contributed by atoms with van der Waals surface area (Å²) in [5, 5.41) is 2.94. The lowest BCUT2D eigenvalue weighted by Gasteiger charge is -2.32. The highest BCUT2D eigenvalue weighted by atomic mass is 32.1. The molecule has 2 amide bonds. The summed E-state index contributed by atoms with van der Waals surface area (Å²) < 4.78 is 10.7. The number of carbonyl (C=O) groups is 1. The summed E-state index contributed by atoms with van der Waals surface area (Å²) in [6.07, 6.45) is 5.13. The van der Waals surface area contributed by atoms with Gasteiger partial charge in [-0.2, -0.15) is 0 Å². The fourth-order valence-corrected chi connectivity index (χ4v) is 5.81. The Morgan fingerprint density at radius 1 is 1.05 bits per heavy atom. The molecule has 1 aliphatic carbocycles. The first kappa shape index (κ1) is 24.5. The number of imidazole rings is 1. The highest BCUT2D eigenvalue weighted by Gasteiger charge is 2.32. The number of anilines is 1. The van der Waals surface area contributed by atoms with Crippen LogP contribution < -0.4 is 5.32 Å². The molecule has 3 aromatic rings. The molecule has 8 heteroatoms. The number of ether oxygens (including phenoxy) is 1. The molecular weight excluding hydrogens is 482 g/mol. The number of amides is 2. The topological polar surface area (TPSA) is 62.6 Å². The third-order valence-corrected chi connectivity index (χ3v) is 8.44. The molecule has 1 saturated heterocycles. The van der Waals surface area contributed by atoms with Crippen LogP contribution in [0.4, 0.5) is 10.5 Å². The molecule has 1 atom stereocenters. The molecule has 2 aromatic carbocycles. The van der Waals surface area contributed by atoms with Gasteiger partial charge in [0.2, 0.25) is 0 Å². The van der Waals surface area contributed by atoms with Crippen LogP contribution in [0.25, 0.3) is 11.3 Å². The number of benzene rings is 2. The van der Waals surface area contributed by atoms with Crippen LogP contribution in [-0.2, 0) is 17.7 Å². The van der Waals surface area contributed by atoms with Crippen molar-refractivity contribution in [2.45, 2.75) is 63.8 Å². The smallest absolute Gasteiger partial charge is 0.331 e. The van der Waals surface area contributed by atoms with Gasteiger partial charge in [-0.05, 0) is 69.3 Å². The largest absolute Gasteiger partial charge is 0.362 e. The number of thiol groups is 1. The minimum absolute atomic E-state index is 0.179. The van der Waals surface area contributed by atoms with Gasteiger partial charge in [0.25, 0.3) is 0 Å². The van der Waals surface area contributed by atoms with Crippen molar-refractivity contribution in [3.8, 4) is 11.3 Å². The van der Waals surface area contributed by atoms with Crippen molar-refractivity contribution in [1.82, 2.24) is 18.8 Å². The summed E-state index contributed by atoms with van der Waals surface area (Å²) in [6, 6.07) is 16.7. The van der Waals surface area contributed by atoms with E-state index in [1.165, 1.54) is 15.4 Å². The number of aromatic nitrogens is 2. The molecule has 3 heterocycles. The SMILES string of the molecule is Cc1c(-c2ccc(NC(=O)N(S)C3CC3)cc2)nc2n1CCc1ccccc1C2OC1CCN(C)CC1. The normalized spacial score (nSPS) is 20.1. The van der Waals surface area contributed by atoms with Crippen LogP contribution in [0.15, 0.2) is 48.5 Å². The van der Waals surface area contributed by atoms with Crippen LogP contribution in [0.2, 0.25) is 0 Å². The molecule has 7 nitrogen and oxygen atoms in total. The molecule has 194 valence electrons. The molecule has 1 N–H and O–H groups in total. The number of piperidine rings is 1. The molecule has 2 aliphatic heterocycles. The van der Waals surface area contributed by atoms with Gasteiger partial charge < -0.3 is 19.5 Å². The maximum atomic E-state index is 12.4. The van der Waals surface area contributed by atoms with Gasteiger partial charge in [0.1, 0.15) is 11.9 Å². The lowest BCUT2D eigenvalue weighted by atomic mass is 10.00. The van der Waals surface area contributed by atoms with Crippen LogP contribution in [0, 0.1) is 6.92 Å². The number of urea groups is 1. The maximum absolute atomic E-state index is 12.4. The van der Waals surface area contributed by atoms with E-state index in [1.54, 1.807) is 0 Å². The highest BCUT2D eigenvalue weighted by Crippen LogP contribution is 2.37. The van der Waals surface area contributed by atoms with E-state index in [1.807, 2.05) is 24.3 Å². The van der Waals surface area contributed by atoms with Crippen LogP contribution in [-0.4, -0.2) is 57.1 Å². The van der Waals surface area contributed by atoms with E-state index in [0.717, 1.165) is 80.2 Å². The Morgan fingerprint density at radius 2 is 1.78 bits per heavy atom. The van der Waals surface area contributed by atoms with Gasteiger partial charge in [0.15, 0.2) is 0 Å². The van der Waals surface area contributed by atoms with Crippen molar-refractivity contribution >= 4 is 24.5 Å². The number of aryl methyl sites for hydroxylation is 1. The van der Waals surface area contributed by atoms with Crippen molar-refractivity contribution in [3.05, 3.63) is 71.2 Å². The third-order valence-electron chi connectivity index (χ3n) is 7.93. The molecule has 2 fully saturated rings. The molecule has 0 spiro atoms. The molecule has 1 unspecified atom stereocenters. The lowest BCUT2D eigenvalue weighted by Crippen LogP contribution is -2.35. The van der Waals surface area contributed by atoms with Crippen LogP contribution in [0.5, 0.6) is 0 Å². The van der Waals surface area contributed by atoms with Gasteiger partial charge in [0, 0.05) is 42.6 Å². The van der Waals surface area contributed by atoms with Crippen LogP contribution >= 0.6 is 12.8 Å². The number of nitrogens with one attached hydrogen (secondary N) is 1. The number of carbonyl (C=O) groups excluding carboxylic acids is 1. The second-order valence-corrected chi connectivity index (χ2v) is 11.0. The molecule has 37 heavy (non-hydrogen) atoms. The third kappa shape index (κ3) is 5.02. The Morgan fingerprint density at radius 3 is 2.51 bits per heavy atom. The first-order valence-corrected chi connectivity index (χ1v) is 13.8. The van der Waals surface area contributed by atoms with Gasteiger partial charge in [-0.25, -0.2) is 9.78 Å². The number of likely N-dealkylation sites (tertiary alicyclic amines) is 1. The summed E-state index contributed by atoms with van der Waals surface area (Å²) in [5.74, 6) is 0.990. The van der Waals surface area contributed by atoms with Crippen molar-refractivity contribution in [2.24, 2.45) is 0 Å². The lowest BCUT2D eigenvalue weighted by molar-refractivity contribution is -0.0276. The van der Waals surface area contributed by atoms with Crippen molar-refractivity contribution in [2.75, 3.05) is 25.5 Å². The second kappa shape index (κ2) is 10.2. The number of hydrogen-bond donors (Lipinski definition) is 2. The second-order valence-electron chi connectivity index (χ2n) is 10.6. The Bertz CT molecular complexity index is 1280. The summed E-state index contributed by atoms with van der Waals surface area (Å²) in [6.45, 7) is 5.16. The van der Waals surface area contributed by atoms with E-state index >= 15 is 0 Å². The minimum atomic E-state index is -0.184. The predicted octanol–water partition coefficient (Wildman–Crippen LogP) is 5.46. The average molecular weight is 518 g/mol. The first-order chi connectivity index (χ1) is 18.0. The number of nitrogens with zero attached hydrogens (tertiary/aromatic N) is 4. The van der Waals surface area contributed by atoms with Gasteiger partial charge in [0.05, 0.1) is 11.8 Å². The van der Waals surface area contributed by atoms with Crippen LogP contribution in [0.3, 0.4) is 0 Å². The van der Waals surface area contributed by atoms with Gasteiger partial charge in [-0.3, -0.25) is 4.31 Å². The molecular formula is C29H35N5O2S. The zero-order chi connectivity index (χ0) is 25.5. The fraction of sp³-hybridized carbons (Fsp3) is 0.448. The molecule has 1 aromatic heterocycles. The van der Waals surface area contributed by atoms with Crippen LogP contribution in [0.1, 0.15) is 54.4 Å².